The first-order valence-corrected chi connectivity index (χ1v) is 23.1. The Morgan fingerprint density at radius 3 is 0.891 bits per heavy atom. The van der Waals surface area contributed by atoms with E-state index in [-0.39, 0.29) is 5.97 Å². The van der Waals surface area contributed by atoms with Gasteiger partial charge in [0.15, 0.2) is 0 Å². The van der Waals surface area contributed by atoms with Crippen LogP contribution in [0.5, 0.6) is 0 Å². The fraction of sp³-hybridized carbons (Fsp3) is 0.902. The van der Waals surface area contributed by atoms with Crippen molar-refractivity contribution < 1.29 is 18.8 Å². The molecule has 272 valence electrons. The summed E-state index contributed by atoms with van der Waals surface area (Å²) in [6.45, 7) is 6.84. The molecule has 0 rings (SSSR count). The van der Waals surface area contributed by atoms with Crippen LogP contribution in [0.15, 0.2) is 12.2 Å². The summed E-state index contributed by atoms with van der Waals surface area (Å²) in [6, 6.07) is 3.24. The summed E-state index contributed by atoms with van der Waals surface area (Å²) in [7, 11) is -0.919. The molecule has 0 amide bonds. The maximum Gasteiger partial charge on any atom is 0.330 e. The summed E-state index contributed by atoms with van der Waals surface area (Å²) >= 11 is 0. The molecule has 0 N–H and O–H groups in total. The van der Waals surface area contributed by atoms with E-state index < -0.39 is 14.3 Å². The predicted octanol–water partition coefficient (Wildman–Crippen LogP) is 14.0. The smallest absolute Gasteiger partial charge is 0.330 e. The van der Waals surface area contributed by atoms with Crippen molar-refractivity contribution in [3.05, 3.63) is 12.2 Å². The molecule has 0 atom stereocenters. The van der Waals surface area contributed by atoms with E-state index in [4.69, 9.17) is 9.16 Å². The fourth-order valence-electron chi connectivity index (χ4n) is 6.78. The molecule has 0 unspecified atom stereocenters. The van der Waals surface area contributed by atoms with Crippen LogP contribution in [0.1, 0.15) is 213 Å². The third-order valence-electron chi connectivity index (χ3n) is 9.83. The maximum absolute atomic E-state index is 13.0. The van der Waals surface area contributed by atoms with Crippen LogP contribution in [0.2, 0.25) is 18.1 Å². The lowest BCUT2D eigenvalue weighted by Gasteiger charge is -2.31. The molecular weight excluding hydrogens is 585 g/mol. The Morgan fingerprint density at radius 1 is 0.391 bits per heavy atom. The Morgan fingerprint density at radius 2 is 0.630 bits per heavy atom. The first kappa shape index (κ1) is 44.9. The minimum Gasteiger partial charge on any atom is -0.516 e. The number of ether oxygens (including phenoxy) is 1. The lowest BCUT2D eigenvalue weighted by Crippen LogP contribution is -2.40. The Hall–Kier alpha value is -1.10. The van der Waals surface area contributed by atoms with Crippen molar-refractivity contribution in [2.45, 2.75) is 232 Å². The zero-order valence-corrected chi connectivity index (χ0v) is 32.6. The van der Waals surface area contributed by atoms with E-state index in [1.165, 1.54) is 212 Å². The maximum atomic E-state index is 13.0. The number of carbonyl (C=O) groups excluding carboxylic acids is 2. The fourth-order valence-corrected chi connectivity index (χ4v) is 11.0. The highest BCUT2D eigenvalue weighted by Gasteiger charge is 2.36. The summed E-state index contributed by atoms with van der Waals surface area (Å²) < 4.78 is 11.2. The SMILES string of the molecule is CCCCCCCCCCCC[Si](CCCCCCCCCCCC)(CCCCCCCCCCCC)OC(=O)/C=C/C(=O)OC. The van der Waals surface area contributed by atoms with Crippen LogP contribution in [-0.2, 0) is 18.8 Å². The molecule has 46 heavy (non-hydrogen) atoms. The predicted molar refractivity (Wildman–Crippen MR) is 203 cm³/mol. The van der Waals surface area contributed by atoms with Gasteiger partial charge < -0.3 is 9.16 Å². The van der Waals surface area contributed by atoms with Crippen LogP contribution in [0.4, 0.5) is 0 Å². The van der Waals surface area contributed by atoms with Gasteiger partial charge in [-0.15, -0.1) is 0 Å². The largest absolute Gasteiger partial charge is 0.516 e. The average molecular weight is 665 g/mol. The summed E-state index contributed by atoms with van der Waals surface area (Å²) in [5.41, 5.74) is 0. The Balaban J connectivity index is 5.04. The van der Waals surface area contributed by atoms with Crippen molar-refractivity contribution in [1.29, 1.82) is 0 Å². The van der Waals surface area contributed by atoms with Gasteiger partial charge in [-0.3, -0.25) is 0 Å². The lowest BCUT2D eigenvalue weighted by atomic mass is 10.1. The normalized spacial score (nSPS) is 11.8. The number of carbonyl (C=O) groups is 2. The number of rotatable bonds is 36. The van der Waals surface area contributed by atoms with Crippen LogP contribution in [0.3, 0.4) is 0 Å². The van der Waals surface area contributed by atoms with Gasteiger partial charge in [-0.1, -0.05) is 213 Å². The van der Waals surface area contributed by atoms with E-state index in [0.29, 0.717) is 0 Å². The number of hydrogen-bond donors (Lipinski definition) is 0. The lowest BCUT2D eigenvalue weighted by molar-refractivity contribution is -0.136. The zero-order valence-electron chi connectivity index (χ0n) is 31.6. The van der Waals surface area contributed by atoms with Crippen molar-refractivity contribution in [1.82, 2.24) is 0 Å². The van der Waals surface area contributed by atoms with Gasteiger partial charge in [-0.2, -0.15) is 0 Å². The van der Waals surface area contributed by atoms with Crippen LogP contribution in [-0.4, -0.2) is 27.4 Å². The molecule has 0 radical (unpaired) electrons. The van der Waals surface area contributed by atoms with Crippen LogP contribution in [0.25, 0.3) is 0 Å². The van der Waals surface area contributed by atoms with Gasteiger partial charge >= 0.3 is 11.9 Å². The van der Waals surface area contributed by atoms with Crippen molar-refractivity contribution in [3.8, 4) is 0 Å². The summed E-state index contributed by atoms with van der Waals surface area (Å²) in [4.78, 5) is 24.7. The van der Waals surface area contributed by atoms with Crippen molar-refractivity contribution in [3.63, 3.8) is 0 Å². The average Bonchev–Trinajstić information content (AvgIpc) is 3.06. The number of hydrogen-bond acceptors (Lipinski definition) is 4. The van der Waals surface area contributed by atoms with Gasteiger partial charge in [0.2, 0.25) is 0 Å². The number of esters is 1. The van der Waals surface area contributed by atoms with Crippen LogP contribution in [0, 0.1) is 0 Å². The molecule has 0 aliphatic heterocycles. The second-order valence-electron chi connectivity index (χ2n) is 14.3. The van der Waals surface area contributed by atoms with E-state index in [1.54, 1.807) is 0 Å². The van der Waals surface area contributed by atoms with Gasteiger partial charge in [0.05, 0.1) is 7.11 Å². The summed E-state index contributed by atoms with van der Waals surface area (Å²) in [6.07, 6.45) is 42.2. The van der Waals surface area contributed by atoms with Gasteiger partial charge in [0, 0.05) is 12.2 Å². The highest BCUT2D eigenvalue weighted by molar-refractivity contribution is 6.75. The highest BCUT2D eigenvalue weighted by atomic mass is 28.4. The molecule has 0 heterocycles. The molecule has 0 aliphatic rings. The minimum atomic E-state index is -2.26. The van der Waals surface area contributed by atoms with Gasteiger partial charge in [-0.25, -0.2) is 9.59 Å². The number of methoxy groups -OCH3 is 1. The van der Waals surface area contributed by atoms with Crippen molar-refractivity contribution in [2.75, 3.05) is 7.11 Å². The van der Waals surface area contributed by atoms with E-state index in [0.717, 1.165) is 18.1 Å². The Kier molecular flexibility index (Phi) is 34.4. The summed E-state index contributed by atoms with van der Waals surface area (Å²) in [5.74, 6) is -0.827. The van der Waals surface area contributed by atoms with Gasteiger partial charge in [-0.05, 0) is 18.1 Å². The quantitative estimate of drug-likeness (QED) is 0.0289. The Bertz CT molecular complexity index is 632. The third-order valence-corrected chi connectivity index (χ3v) is 14.3. The third kappa shape index (κ3) is 30.2. The van der Waals surface area contributed by atoms with Gasteiger partial charge in [0.1, 0.15) is 0 Å². The monoisotopic (exact) mass is 665 g/mol. The molecule has 0 fully saturated rings. The number of unbranched alkanes of at least 4 members (excludes halogenated alkanes) is 27. The summed E-state index contributed by atoms with van der Waals surface area (Å²) in [5, 5.41) is 0. The van der Waals surface area contributed by atoms with Crippen molar-refractivity contribution >= 4 is 20.3 Å². The molecule has 0 bridgehead atoms. The van der Waals surface area contributed by atoms with Crippen LogP contribution < -0.4 is 0 Å². The van der Waals surface area contributed by atoms with Crippen molar-refractivity contribution in [2.24, 2.45) is 0 Å². The molecule has 0 saturated heterocycles. The van der Waals surface area contributed by atoms with Crippen LogP contribution >= 0.6 is 0 Å². The highest BCUT2D eigenvalue weighted by Crippen LogP contribution is 2.32. The topological polar surface area (TPSA) is 52.6 Å². The second-order valence-corrected chi connectivity index (χ2v) is 18.3. The van der Waals surface area contributed by atoms with E-state index >= 15 is 0 Å². The first-order valence-electron chi connectivity index (χ1n) is 20.5. The van der Waals surface area contributed by atoms with E-state index in [9.17, 15) is 9.59 Å². The standard InChI is InChI=1S/C41H80O4Si/c1-5-8-11-14-17-20-23-26-29-32-37-46(45-41(43)36-35-40(42)44-4,38-33-30-27-24-21-18-15-12-9-6-2)39-34-31-28-25-22-19-16-13-10-7-3/h35-36H,5-34,37-39H2,1-4H3/b36-35+. The molecule has 5 heteroatoms. The molecule has 0 aromatic rings. The zero-order chi connectivity index (χ0) is 33.8. The molecule has 0 aliphatic carbocycles. The molecule has 4 nitrogen and oxygen atoms in total. The molecule has 0 aromatic carbocycles. The molecule has 0 saturated carbocycles. The minimum absolute atomic E-state index is 0.330. The Labute approximate surface area is 289 Å². The van der Waals surface area contributed by atoms with E-state index in [1.807, 2.05) is 0 Å². The molecule has 0 spiro atoms. The molecule has 0 aromatic heterocycles. The van der Waals surface area contributed by atoms with Gasteiger partial charge in [0.25, 0.3) is 8.32 Å². The van der Waals surface area contributed by atoms with E-state index in [2.05, 4.69) is 20.8 Å². The second kappa shape index (κ2) is 35.2. The first-order chi connectivity index (χ1) is 22.5. The molecular formula is C41H80O4Si.